The Labute approximate surface area is 132 Å². The van der Waals surface area contributed by atoms with Crippen molar-refractivity contribution in [1.82, 2.24) is 4.72 Å². The normalized spacial score (nSPS) is 19.2. The smallest absolute Gasteiger partial charge is 0.243 e. The molecule has 0 spiro atoms. The third-order valence-corrected chi connectivity index (χ3v) is 6.06. The maximum Gasteiger partial charge on any atom is 0.243 e. The second-order valence-corrected chi connectivity index (χ2v) is 8.50. The van der Waals surface area contributed by atoms with Crippen LogP contribution in [0.2, 0.25) is 0 Å². The van der Waals surface area contributed by atoms with Crippen molar-refractivity contribution in [3.8, 4) is 0 Å². The lowest BCUT2D eigenvalue weighted by Gasteiger charge is -2.18. The van der Waals surface area contributed by atoms with E-state index in [-0.39, 0.29) is 23.0 Å². The summed E-state index contributed by atoms with van der Waals surface area (Å²) in [7, 11) is -3.87. The molecule has 2 fully saturated rings. The summed E-state index contributed by atoms with van der Waals surface area (Å²) in [5.41, 5.74) is 5.67. The van der Waals surface area contributed by atoms with E-state index in [0.717, 1.165) is 25.7 Å². The first-order chi connectivity index (χ1) is 9.92. The molecule has 7 heteroatoms. The van der Waals surface area contributed by atoms with Crippen molar-refractivity contribution < 1.29 is 12.8 Å². The molecule has 0 aromatic heterocycles. The molecule has 2 aliphatic rings. The summed E-state index contributed by atoms with van der Waals surface area (Å²) in [4.78, 5) is -0.316. The molecule has 0 amide bonds. The molecular weight excluding hydrogens is 359 g/mol. The van der Waals surface area contributed by atoms with E-state index >= 15 is 0 Å². The Morgan fingerprint density at radius 3 is 2.33 bits per heavy atom. The van der Waals surface area contributed by atoms with Crippen LogP contribution in [0.3, 0.4) is 0 Å². The van der Waals surface area contributed by atoms with E-state index in [9.17, 15) is 12.8 Å². The van der Waals surface area contributed by atoms with Crippen LogP contribution in [0.15, 0.2) is 21.5 Å². The van der Waals surface area contributed by atoms with Gasteiger partial charge in [-0.1, -0.05) is 15.9 Å². The van der Waals surface area contributed by atoms with Gasteiger partial charge in [-0.05, 0) is 49.7 Å². The number of nitrogens with one attached hydrogen (secondary N) is 1. The molecule has 0 bridgehead atoms. The van der Waals surface area contributed by atoms with Crippen LogP contribution in [-0.4, -0.2) is 14.5 Å². The van der Waals surface area contributed by atoms with Gasteiger partial charge in [0.2, 0.25) is 10.0 Å². The van der Waals surface area contributed by atoms with Gasteiger partial charge in [-0.15, -0.1) is 0 Å². The van der Waals surface area contributed by atoms with E-state index in [2.05, 4.69) is 20.7 Å². The number of rotatable bonds is 6. The lowest BCUT2D eigenvalue weighted by atomic mass is 10.1. The minimum atomic E-state index is -3.87. The molecule has 0 unspecified atom stereocenters. The van der Waals surface area contributed by atoms with E-state index in [1.54, 1.807) is 0 Å². The van der Waals surface area contributed by atoms with Crippen LogP contribution in [0, 0.1) is 17.7 Å². The molecule has 3 N–H and O–H groups in total. The van der Waals surface area contributed by atoms with Crippen molar-refractivity contribution in [1.29, 1.82) is 0 Å². The van der Waals surface area contributed by atoms with Crippen LogP contribution < -0.4 is 10.5 Å². The highest BCUT2D eigenvalue weighted by Crippen LogP contribution is 2.45. The third kappa shape index (κ3) is 3.31. The van der Waals surface area contributed by atoms with Gasteiger partial charge in [0.25, 0.3) is 0 Å². The highest BCUT2D eigenvalue weighted by Gasteiger charge is 2.43. The molecule has 2 saturated carbocycles. The van der Waals surface area contributed by atoms with Gasteiger partial charge in [-0.2, -0.15) is 0 Å². The Morgan fingerprint density at radius 2 is 1.86 bits per heavy atom. The van der Waals surface area contributed by atoms with Crippen LogP contribution in [0.4, 0.5) is 4.39 Å². The lowest BCUT2D eigenvalue weighted by molar-refractivity contribution is 0.467. The van der Waals surface area contributed by atoms with Gasteiger partial charge < -0.3 is 5.73 Å². The lowest BCUT2D eigenvalue weighted by Crippen LogP contribution is -2.38. The first kappa shape index (κ1) is 15.4. The Bertz CT molecular complexity index is 645. The van der Waals surface area contributed by atoms with Crippen molar-refractivity contribution in [2.24, 2.45) is 17.6 Å². The summed E-state index contributed by atoms with van der Waals surface area (Å²) in [6, 6.07) is 2.76. The van der Waals surface area contributed by atoms with Crippen molar-refractivity contribution in [2.45, 2.75) is 43.2 Å². The molecular formula is C14H18BrFN2O2S. The first-order valence-electron chi connectivity index (χ1n) is 7.12. The fourth-order valence-electron chi connectivity index (χ4n) is 2.69. The summed E-state index contributed by atoms with van der Waals surface area (Å²) in [5.74, 6) is 0.0754. The molecule has 3 rings (SSSR count). The molecule has 0 saturated heterocycles. The summed E-state index contributed by atoms with van der Waals surface area (Å²) in [5, 5.41) is 0. The van der Waals surface area contributed by atoms with E-state index in [0.29, 0.717) is 16.3 Å². The molecule has 0 aliphatic heterocycles. The quantitative estimate of drug-likeness (QED) is 0.800. The number of hydrogen-bond donors (Lipinski definition) is 2. The summed E-state index contributed by atoms with van der Waals surface area (Å²) in [6.45, 7) is -0.0392. The third-order valence-electron chi connectivity index (χ3n) is 4.14. The molecule has 21 heavy (non-hydrogen) atoms. The van der Waals surface area contributed by atoms with Crippen molar-refractivity contribution in [3.05, 3.63) is 28.0 Å². The SMILES string of the molecule is NCc1cc(Br)cc(S(=O)(=O)NC(C2CC2)C2CC2)c1F. The fourth-order valence-corrected chi connectivity index (χ4v) is 4.87. The van der Waals surface area contributed by atoms with Crippen LogP contribution in [0.25, 0.3) is 0 Å². The van der Waals surface area contributed by atoms with Crippen LogP contribution in [-0.2, 0) is 16.6 Å². The van der Waals surface area contributed by atoms with Gasteiger partial charge >= 0.3 is 0 Å². The van der Waals surface area contributed by atoms with E-state index < -0.39 is 15.8 Å². The number of sulfonamides is 1. The summed E-state index contributed by atoms with van der Waals surface area (Å²) < 4.78 is 42.6. The second-order valence-electron chi connectivity index (χ2n) is 5.90. The fraction of sp³-hybridized carbons (Fsp3) is 0.571. The molecule has 116 valence electrons. The largest absolute Gasteiger partial charge is 0.326 e. The maximum absolute atomic E-state index is 14.3. The molecule has 1 aromatic carbocycles. The number of benzene rings is 1. The predicted molar refractivity (Wildman–Crippen MR) is 81.5 cm³/mol. The van der Waals surface area contributed by atoms with Gasteiger partial charge in [-0.25, -0.2) is 17.5 Å². The van der Waals surface area contributed by atoms with Gasteiger partial charge in [0, 0.05) is 22.6 Å². The first-order valence-corrected chi connectivity index (χ1v) is 9.40. The minimum Gasteiger partial charge on any atom is -0.326 e. The zero-order valence-electron chi connectivity index (χ0n) is 11.5. The average Bonchev–Trinajstić information content (AvgIpc) is 3.29. The summed E-state index contributed by atoms with van der Waals surface area (Å²) in [6.07, 6.45) is 4.22. The monoisotopic (exact) mass is 376 g/mol. The van der Waals surface area contributed by atoms with E-state index in [1.165, 1.54) is 12.1 Å². The van der Waals surface area contributed by atoms with Gasteiger partial charge in [0.05, 0.1) is 0 Å². The Hall–Kier alpha value is -0.500. The molecule has 0 atom stereocenters. The van der Waals surface area contributed by atoms with Crippen molar-refractivity contribution in [2.75, 3.05) is 0 Å². The van der Waals surface area contributed by atoms with Gasteiger partial charge in [0.15, 0.2) is 0 Å². The number of nitrogens with two attached hydrogens (primary N) is 1. The predicted octanol–water partition coefficient (Wildman–Crippen LogP) is 2.51. The highest BCUT2D eigenvalue weighted by atomic mass is 79.9. The van der Waals surface area contributed by atoms with Gasteiger partial charge in [-0.3, -0.25) is 0 Å². The maximum atomic E-state index is 14.3. The van der Waals surface area contributed by atoms with Crippen LogP contribution >= 0.6 is 15.9 Å². The minimum absolute atomic E-state index is 0.0392. The van der Waals surface area contributed by atoms with Crippen LogP contribution in [0.5, 0.6) is 0 Å². The average molecular weight is 377 g/mol. The molecule has 0 radical (unpaired) electrons. The topological polar surface area (TPSA) is 72.2 Å². The van der Waals surface area contributed by atoms with E-state index in [1.807, 2.05) is 0 Å². The number of hydrogen-bond acceptors (Lipinski definition) is 3. The molecule has 4 nitrogen and oxygen atoms in total. The zero-order chi connectivity index (χ0) is 15.2. The molecule has 2 aliphatic carbocycles. The standard InChI is InChI=1S/C14H18BrFN2O2S/c15-11-5-10(7-17)13(16)12(6-11)21(19,20)18-14(8-1-2-8)9-3-4-9/h5-6,8-9,14,18H,1-4,7,17H2. The van der Waals surface area contributed by atoms with Crippen molar-refractivity contribution >= 4 is 26.0 Å². The molecule has 0 heterocycles. The Kier molecular flexibility index (Phi) is 4.11. The zero-order valence-corrected chi connectivity index (χ0v) is 13.9. The summed E-state index contributed by atoms with van der Waals surface area (Å²) >= 11 is 3.21. The molecule has 1 aromatic rings. The van der Waals surface area contributed by atoms with Gasteiger partial charge in [0.1, 0.15) is 10.7 Å². The second kappa shape index (κ2) is 5.61. The number of halogens is 2. The Morgan fingerprint density at radius 1 is 1.29 bits per heavy atom. The highest BCUT2D eigenvalue weighted by molar-refractivity contribution is 9.10. The van der Waals surface area contributed by atoms with E-state index in [4.69, 9.17) is 5.73 Å². The van der Waals surface area contributed by atoms with Crippen LogP contribution in [0.1, 0.15) is 31.2 Å². The van der Waals surface area contributed by atoms with Crippen molar-refractivity contribution in [3.63, 3.8) is 0 Å². The Balaban J connectivity index is 1.92.